The van der Waals surface area contributed by atoms with Crippen molar-refractivity contribution in [3.05, 3.63) is 54.0 Å². The maximum Gasteiger partial charge on any atom is 0.132 e. The number of nitrogens with zero attached hydrogens (tertiary/aromatic N) is 2. The first-order valence-corrected chi connectivity index (χ1v) is 12.6. The smallest absolute Gasteiger partial charge is 0.132 e. The Bertz CT molecular complexity index is 765. The van der Waals surface area contributed by atoms with Gasteiger partial charge in [0.25, 0.3) is 0 Å². The Morgan fingerprint density at radius 1 is 1.03 bits per heavy atom. The van der Waals surface area contributed by atoms with Gasteiger partial charge < -0.3 is 15.1 Å². The van der Waals surface area contributed by atoms with Crippen molar-refractivity contribution in [3.63, 3.8) is 0 Å². The lowest BCUT2D eigenvalue weighted by Gasteiger charge is -2.36. The number of allylic oxidation sites excluding steroid dienone is 1. The van der Waals surface area contributed by atoms with Crippen LogP contribution in [0.1, 0.15) is 70.4 Å². The average Bonchev–Trinajstić information content (AvgIpc) is 2.76. The van der Waals surface area contributed by atoms with Gasteiger partial charge in [0, 0.05) is 56.2 Å². The van der Waals surface area contributed by atoms with Crippen molar-refractivity contribution in [3.8, 4) is 0 Å². The molecule has 0 amide bonds. The van der Waals surface area contributed by atoms with E-state index in [0.29, 0.717) is 11.0 Å². The van der Waals surface area contributed by atoms with E-state index in [4.69, 9.17) is 0 Å². The minimum atomic E-state index is -0.131. The van der Waals surface area contributed by atoms with Crippen LogP contribution in [0.5, 0.6) is 0 Å². The van der Waals surface area contributed by atoms with E-state index in [2.05, 4.69) is 55.1 Å². The van der Waals surface area contributed by atoms with Gasteiger partial charge >= 0.3 is 0 Å². The normalized spacial score (nSPS) is 18.1. The highest BCUT2D eigenvalue weighted by atomic mass is 19.1. The highest BCUT2D eigenvalue weighted by Crippen LogP contribution is 2.30. The summed E-state index contributed by atoms with van der Waals surface area (Å²) in [6.45, 7) is 21.3. The summed E-state index contributed by atoms with van der Waals surface area (Å²) in [6, 6.07) is 5.74. The SMILES string of the molecule is C=C(CC(C)(C)C)N1CCC(CCCCc2ccc(C(=C)N3CCNCC3)c(F)c2)CC1. The van der Waals surface area contributed by atoms with E-state index in [1.165, 1.54) is 31.4 Å². The standard InChI is InChI=1S/C28H44FN3/c1-22(21-28(3,4)5)31-16-12-24(13-17-31)8-6-7-9-25-10-11-26(27(29)20-25)23(2)32-18-14-30-15-19-32/h10-11,20,24,30H,1-2,6-9,12-19,21H2,3-5H3. The van der Waals surface area contributed by atoms with Crippen LogP contribution in [-0.4, -0.2) is 49.1 Å². The van der Waals surface area contributed by atoms with Crippen molar-refractivity contribution in [2.24, 2.45) is 11.3 Å². The fourth-order valence-electron chi connectivity index (χ4n) is 5.08. The van der Waals surface area contributed by atoms with Crippen molar-refractivity contribution in [2.45, 2.75) is 65.7 Å². The Labute approximate surface area is 195 Å². The van der Waals surface area contributed by atoms with Gasteiger partial charge in [-0.25, -0.2) is 4.39 Å². The van der Waals surface area contributed by atoms with Gasteiger partial charge in [-0.2, -0.15) is 0 Å². The number of nitrogens with one attached hydrogen (secondary N) is 1. The first-order valence-electron chi connectivity index (χ1n) is 12.6. The first kappa shape index (κ1) is 24.8. The van der Waals surface area contributed by atoms with Crippen LogP contribution in [0.4, 0.5) is 4.39 Å². The van der Waals surface area contributed by atoms with Crippen LogP contribution in [0.2, 0.25) is 0 Å². The van der Waals surface area contributed by atoms with Crippen LogP contribution < -0.4 is 5.32 Å². The summed E-state index contributed by atoms with van der Waals surface area (Å²) in [4.78, 5) is 4.68. The zero-order valence-electron chi connectivity index (χ0n) is 20.7. The van der Waals surface area contributed by atoms with Crippen LogP contribution in [0.25, 0.3) is 5.70 Å². The molecule has 1 aromatic carbocycles. The molecule has 3 nitrogen and oxygen atoms in total. The van der Waals surface area contributed by atoms with Crippen LogP contribution in [0.3, 0.4) is 0 Å². The molecular formula is C28H44FN3. The zero-order valence-corrected chi connectivity index (χ0v) is 20.7. The lowest BCUT2D eigenvalue weighted by atomic mass is 9.88. The minimum absolute atomic E-state index is 0.131. The summed E-state index contributed by atoms with van der Waals surface area (Å²) in [5.74, 6) is 0.698. The van der Waals surface area contributed by atoms with E-state index in [-0.39, 0.29) is 5.82 Å². The summed E-state index contributed by atoms with van der Waals surface area (Å²) in [6.07, 6.45) is 8.24. The molecule has 0 spiro atoms. The van der Waals surface area contributed by atoms with Crippen molar-refractivity contribution in [1.82, 2.24) is 15.1 Å². The molecule has 3 rings (SSSR count). The van der Waals surface area contributed by atoms with Gasteiger partial charge in [-0.3, -0.25) is 0 Å². The summed E-state index contributed by atoms with van der Waals surface area (Å²) in [5, 5.41) is 3.33. The summed E-state index contributed by atoms with van der Waals surface area (Å²) in [5.41, 5.74) is 4.18. The molecule has 32 heavy (non-hydrogen) atoms. The number of piperazine rings is 1. The highest BCUT2D eigenvalue weighted by Gasteiger charge is 2.22. The minimum Gasteiger partial charge on any atom is -0.375 e. The topological polar surface area (TPSA) is 18.5 Å². The van der Waals surface area contributed by atoms with Gasteiger partial charge in [0.2, 0.25) is 0 Å². The van der Waals surface area contributed by atoms with Crippen molar-refractivity contribution >= 4 is 5.70 Å². The van der Waals surface area contributed by atoms with Gasteiger partial charge in [-0.15, -0.1) is 0 Å². The number of hydrogen-bond donors (Lipinski definition) is 1. The molecule has 0 radical (unpaired) electrons. The second-order valence-electron chi connectivity index (χ2n) is 11.0. The van der Waals surface area contributed by atoms with Gasteiger partial charge in [0.15, 0.2) is 0 Å². The first-order chi connectivity index (χ1) is 15.2. The molecule has 2 saturated heterocycles. The average molecular weight is 442 g/mol. The van der Waals surface area contributed by atoms with Gasteiger partial charge in [-0.1, -0.05) is 52.8 Å². The summed E-state index contributed by atoms with van der Waals surface area (Å²) in [7, 11) is 0. The molecule has 4 heteroatoms. The number of likely N-dealkylation sites (tertiary alicyclic amines) is 1. The molecule has 0 saturated carbocycles. The lowest BCUT2D eigenvalue weighted by molar-refractivity contribution is 0.199. The predicted octanol–water partition coefficient (Wildman–Crippen LogP) is 6.08. The Hall–Kier alpha value is -1.81. The third-order valence-corrected chi connectivity index (χ3v) is 6.97. The van der Waals surface area contributed by atoms with Crippen LogP contribution in [-0.2, 0) is 6.42 Å². The van der Waals surface area contributed by atoms with Crippen LogP contribution >= 0.6 is 0 Å². The molecule has 0 aromatic heterocycles. The maximum atomic E-state index is 14.7. The highest BCUT2D eigenvalue weighted by molar-refractivity contribution is 5.63. The number of piperidine rings is 1. The number of rotatable bonds is 9. The molecule has 2 aliphatic rings. The van der Waals surface area contributed by atoms with Crippen molar-refractivity contribution in [1.29, 1.82) is 0 Å². The van der Waals surface area contributed by atoms with Crippen molar-refractivity contribution in [2.75, 3.05) is 39.3 Å². The second-order valence-corrected chi connectivity index (χ2v) is 11.0. The van der Waals surface area contributed by atoms with E-state index in [0.717, 1.165) is 75.7 Å². The molecule has 1 N–H and O–H groups in total. The third-order valence-electron chi connectivity index (χ3n) is 6.97. The van der Waals surface area contributed by atoms with Crippen LogP contribution in [0, 0.1) is 17.2 Å². The number of benzene rings is 1. The Balaban J connectivity index is 1.37. The number of halogens is 1. The Morgan fingerprint density at radius 2 is 1.72 bits per heavy atom. The maximum absolute atomic E-state index is 14.7. The molecule has 2 aliphatic heterocycles. The Kier molecular flexibility index (Phi) is 8.81. The monoisotopic (exact) mass is 441 g/mol. The fourth-order valence-corrected chi connectivity index (χ4v) is 5.08. The van der Waals surface area contributed by atoms with Crippen LogP contribution in [0.15, 0.2) is 37.1 Å². The molecule has 2 fully saturated rings. The van der Waals surface area contributed by atoms with E-state index in [1.54, 1.807) is 6.07 Å². The summed E-state index contributed by atoms with van der Waals surface area (Å²) >= 11 is 0. The zero-order chi connectivity index (χ0) is 23.1. The van der Waals surface area contributed by atoms with Gasteiger partial charge in [0.05, 0.1) is 0 Å². The van der Waals surface area contributed by atoms with E-state index in [9.17, 15) is 4.39 Å². The number of unbranched alkanes of at least 4 members (excludes halogenated alkanes) is 1. The summed E-state index contributed by atoms with van der Waals surface area (Å²) < 4.78 is 14.7. The number of aryl methyl sites for hydroxylation is 1. The molecule has 2 heterocycles. The lowest BCUT2D eigenvalue weighted by Crippen LogP contribution is -2.42. The second kappa shape index (κ2) is 11.4. The Morgan fingerprint density at radius 3 is 2.34 bits per heavy atom. The molecule has 1 aromatic rings. The quantitative estimate of drug-likeness (QED) is 0.469. The van der Waals surface area contributed by atoms with Gasteiger partial charge in [0.1, 0.15) is 5.82 Å². The molecule has 0 aliphatic carbocycles. The van der Waals surface area contributed by atoms with E-state index in [1.807, 2.05) is 6.07 Å². The van der Waals surface area contributed by atoms with E-state index < -0.39 is 0 Å². The molecule has 0 bridgehead atoms. The largest absolute Gasteiger partial charge is 0.375 e. The van der Waals surface area contributed by atoms with Gasteiger partial charge in [-0.05, 0) is 61.1 Å². The molecule has 178 valence electrons. The molecular weight excluding hydrogens is 397 g/mol. The fraction of sp³-hybridized carbons (Fsp3) is 0.643. The number of hydrogen-bond acceptors (Lipinski definition) is 3. The molecule has 0 atom stereocenters. The van der Waals surface area contributed by atoms with Crippen molar-refractivity contribution < 1.29 is 4.39 Å². The predicted molar refractivity (Wildman–Crippen MR) is 135 cm³/mol. The molecule has 0 unspecified atom stereocenters. The van der Waals surface area contributed by atoms with E-state index >= 15 is 0 Å². The third kappa shape index (κ3) is 7.37.